The molecule has 3 aromatic rings. The van der Waals surface area contributed by atoms with Crippen LogP contribution in [0.4, 0.5) is 8.78 Å². The number of benzene rings is 1. The number of amides is 1. The number of halogens is 4. The zero-order valence-electron chi connectivity index (χ0n) is 16.7. The fourth-order valence-corrected chi connectivity index (χ4v) is 3.89. The number of nitrogens with one attached hydrogen (secondary N) is 1. The Labute approximate surface area is 186 Å². The van der Waals surface area contributed by atoms with Crippen LogP contribution in [0.15, 0.2) is 30.5 Å². The number of carbonyl (C=O) groups excluding carboxylic acids is 1. The number of carbonyl (C=O) groups is 1. The van der Waals surface area contributed by atoms with Gasteiger partial charge in [-0.1, -0.05) is 23.2 Å². The minimum Gasteiger partial charge on any atom is -0.433 e. The summed E-state index contributed by atoms with van der Waals surface area (Å²) >= 11 is 12.1. The predicted octanol–water partition coefficient (Wildman–Crippen LogP) is 4.15. The second-order valence-electron chi connectivity index (χ2n) is 7.53. The molecule has 2 aromatic heterocycles. The van der Waals surface area contributed by atoms with Gasteiger partial charge in [0.05, 0.1) is 10.9 Å². The summed E-state index contributed by atoms with van der Waals surface area (Å²) in [5, 5.41) is 8.23. The van der Waals surface area contributed by atoms with E-state index in [4.69, 9.17) is 23.2 Å². The Hall–Kier alpha value is -2.49. The normalized spacial score (nSPS) is 18.5. The summed E-state index contributed by atoms with van der Waals surface area (Å²) in [4.78, 5) is 19.1. The van der Waals surface area contributed by atoms with Crippen LogP contribution in [-0.4, -0.2) is 58.4 Å². The Bertz CT molecular complexity index is 1130. The van der Waals surface area contributed by atoms with Gasteiger partial charge in [-0.3, -0.25) is 4.79 Å². The fourth-order valence-electron chi connectivity index (χ4n) is 3.57. The molecule has 2 heterocycles. The third kappa shape index (κ3) is 4.44. The molecule has 1 N–H and O–H groups in total. The Morgan fingerprint density at radius 3 is 2.71 bits per heavy atom. The molecule has 0 unspecified atom stereocenters. The molecule has 0 spiro atoms. The van der Waals surface area contributed by atoms with E-state index in [9.17, 15) is 13.6 Å². The van der Waals surface area contributed by atoms with Crippen LogP contribution in [0.3, 0.4) is 0 Å². The van der Waals surface area contributed by atoms with E-state index in [1.165, 1.54) is 35.1 Å². The Morgan fingerprint density at radius 2 is 2.03 bits per heavy atom. The highest BCUT2D eigenvalue weighted by molar-refractivity contribution is 6.31. The number of aromatic nitrogens is 3. The zero-order chi connectivity index (χ0) is 22.3. The maximum atomic E-state index is 13.0. The zero-order valence-corrected chi connectivity index (χ0v) is 18.2. The molecular formula is C20H19Cl2F2N5O2. The summed E-state index contributed by atoms with van der Waals surface area (Å²) in [5.74, 6) is -0.523. The van der Waals surface area contributed by atoms with Crippen molar-refractivity contribution in [2.45, 2.75) is 31.5 Å². The van der Waals surface area contributed by atoms with Crippen LogP contribution in [0.1, 0.15) is 23.3 Å². The summed E-state index contributed by atoms with van der Waals surface area (Å²) in [5.41, 5.74) is 0.664. The summed E-state index contributed by atoms with van der Waals surface area (Å²) in [7, 11) is 3.99. The third-order valence-electron chi connectivity index (χ3n) is 5.29. The maximum absolute atomic E-state index is 13.0. The number of fused-ring (bicyclic) bond motifs is 1. The van der Waals surface area contributed by atoms with E-state index in [-0.39, 0.29) is 39.3 Å². The lowest BCUT2D eigenvalue weighted by Crippen LogP contribution is -2.51. The Balaban J connectivity index is 1.74. The molecule has 7 nitrogen and oxygen atoms in total. The molecule has 1 aromatic carbocycles. The van der Waals surface area contributed by atoms with E-state index >= 15 is 0 Å². The largest absolute Gasteiger partial charge is 0.433 e. The lowest BCUT2D eigenvalue weighted by Gasteiger charge is -2.39. The van der Waals surface area contributed by atoms with Crippen molar-refractivity contribution >= 4 is 40.0 Å². The summed E-state index contributed by atoms with van der Waals surface area (Å²) in [6, 6.07) is 6.11. The predicted molar refractivity (Wildman–Crippen MR) is 113 cm³/mol. The number of hydrogen-bond acceptors (Lipinski definition) is 5. The molecule has 31 heavy (non-hydrogen) atoms. The molecule has 11 heteroatoms. The van der Waals surface area contributed by atoms with Gasteiger partial charge in [0.15, 0.2) is 11.4 Å². The lowest BCUT2D eigenvalue weighted by atomic mass is 9.86. The van der Waals surface area contributed by atoms with E-state index in [2.05, 4.69) is 25.0 Å². The molecule has 1 aliphatic rings. The molecule has 164 valence electrons. The number of nitrogens with zero attached hydrogens (tertiary/aromatic N) is 4. The number of alkyl halides is 2. The third-order valence-corrected chi connectivity index (χ3v) is 5.73. The van der Waals surface area contributed by atoms with Gasteiger partial charge in [0.1, 0.15) is 10.8 Å². The van der Waals surface area contributed by atoms with Crippen molar-refractivity contribution in [1.29, 1.82) is 0 Å². The molecule has 1 saturated carbocycles. The van der Waals surface area contributed by atoms with Crippen LogP contribution < -0.4 is 10.1 Å². The quantitative estimate of drug-likeness (QED) is 0.549. The van der Waals surface area contributed by atoms with E-state index in [0.29, 0.717) is 16.9 Å². The average Bonchev–Trinajstić information content (AvgIpc) is 3.03. The van der Waals surface area contributed by atoms with E-state index in [1.807, 2.05) is 14.1 Å². The first-order valence-corrected chi connectivity index (χ1v) is 10.2. The summed E-state index contributed by atoms with van der Waals surface area (Å²) in [6.45, 7) is -3.04. The molecule has 0 radical (unpaired) electrons. The summed E-state index contributed by atoms with van der Waals surface area (Å²) in [6.07, 6.45) is 3.10. The van der Waals surface area contributed by atoms with Crippen LogP contribution in [0, 0.1) is 0 Å². The van der Waals surface area contributed by atoms with Crippen LogP contribution in [-0.2, 0) is 0 Å². The van der Waals surface area contributed by atoms with Crippen LogP contribution in [0.2, 0.25) is 10.2 Å². The van der Waals surface area contributed by atoms with Gasteiger partial charge in [0.2, 0.25) is 0 Å². The Kier molecular flexibility index (Phi) is 6.00. The highest BCUT2D eigenvalue weighted by Gasteiger charge is 2.33. The van der Waals surface area contributed by atoms with Gasteiger partial charge in [-0.25, -0.2) is 9.67 Å². The lowest BCUT2D eigenvalue weighted by molar-refractivity contribution is -0.0498. The van der Waals surface area contributed by atoms with Crippen molar-refractivity contribution in [1.82, 2.24) is 25.0 Å². The smallest absolute Gasteiger partial charge is 0.387 e. The van der Waals surface area contributed by atoms with E-state index < -0.39 is 6.61 Å². The minimum absolute atomic E-state index is 0.0317. The van der Waals surface area contributed by atoms with Gasteiger partial charge in [-0.15, -0.1) is 0 Å². The second-order valence-corrected chi connectivity index (χ2v) is 8.36. The highest BCUT2D eigenvalue weighted by Crippen LogP contribution is 2.32. The van der Waals surface area contributed by atoms with Crippen LogP contribution >= 0.6 is 23.2 Å². The topological polar surface area (TPSA) is 72.3 Å². The van der Waals surface area contributed by atoms with Crippen molar-refractivity contribution in [3.05, 3.63) is 46.3 Å². The number of ether oxygens (including phenoxy) is 1. The van der Waals surface area contributed by atoms with E-state index in [1.54, 1.807) is 0 Å². The molecule has 0 saturated heterocycles. The highest BCUT2D eigenvalue weighted by atomic mass is 35.5. The molecule has 1 fully saturated rings. The molecule has 1 aliphatic carbocycles. The van der Waals surface area contributed by atoms with Crippen LogP contribution in [0.5, 0.6) is 5.75 Å². The van der Waals surface area contributed by atoms with Gasteiger partial charge in [-0.05, 0) is 45.1 Å². The molecule has 0 bridgehead atoms. The van der Waals surface area contributed by atoms with Crippen molar-refractivity contribution < 1.29 is 18.3 Å². The molecule has 0 atom stereocenters. The molecule has 4 rings (SSSR count). The van der Waals surface area contributed by atoms with Gasteiger partial charge >= 0.3 is 6.61 Å². The van der Waals surface area contributed by atoms with Crippen molar-refractivity contribution in [3.8, 4) is 11.4 Å². The van der Waals surface area contributed by atoms with Gasteiger partial charge in [0, 0.05) is 29.4 Å². The standard InChI is InChI=1S/C20H19Cl2F2N5O2/c1-28(2)12-6-11(7-12)26-19(30)18-13-9-25-17(22)8-14(13)29(27-18)15-5-10(21)3-4-16(15)31-20(23)24/h3-5,8-9,11-12,20H,6-7H2,1-2H3,(H,26,30). The first-order valence-electron chi connectivity index (χ1n) is 9.49. The van der Waals surface area contributed by atoms with Crippen molar-refractivity contribution in [2.75, 3.05) is 14.1 Å². The van der Waals surface area contributed by atoms with Gasteiger partial charge in [-0.2, -0.15) is 13.9 Å². The minimum atomic E-state index is -3.04. The van der Waals surface area contributed by atoms with Gasteiger partial charge in [0.25, 0.3) is 5.91 Å². The number of pyridine rings is 1. The van der Waals surface area contributed by atoms with Crippen molar-refractivity contribution in [2.24, 2.45) is 0 Å². The number of hydrogen-bond donors (Lipinski definition) is 1. The maximum Gasteiger partial charge on any atom is 0.387 e. The molecule has 1 amide bonds. The molecular weight excluding hydrogens is 451 g/mol. The second kappa shape index (κ2) is 8.57. The first-order chi connectivity index (χ1) is 14.7. The fraction of sp³-hybridized carbons (Fsp3) is 0.350. The monoisotopic (exact) mass is 469 g/mol. The molecule has 0 aliphatic heterocycles. The van der Waals surface area contributed by atoms with Crippen LogP contribution in [0.25, 0.3) is 16.6 Å². The Morgan fingerprint density at radius 1 is 1.29 bits per heavy atom. The van der Waals surface area contributed by atoms with Crippen molar-refractivity contribution in [3.63, 3.8) is 0 Å². The SMILES string of the molecule is CN(C)C1CC(NC(=O)c2nn(-c3cc(Cl)ccc3OC(F)F)c3cc(Cl)ncc23)C1. The van der Waals surface area contributed by atoms with E-state index in [0.717, 1.165) is 12.8 Å². The average molecular weight is 470 g/mol. The summed E-state index contributed by atoms with van der Waals surface area (Å²) < 4.78 is 31.8. The number of rotatable bonds is 6. The first kappa shape index (κ1) is 21.7. The van der Waals surface area contributed by atoms with Gasteiger partial charge < -0.3 is 15.0 Å².